The molecule has 2 fully saturated rings. The third kappa shape index (κ3) is 4.79. The Hall–Kier alpha value is -4.31. The number of nitrogens with zero attached hydrogens (tertiary/aromatic N) is 6. The van der Waals surface area contributed by atoms with Gasteiger partial charge >= 0.3 is 6.01 Å². The second kappa shape index (κ2) is 10.7. The molecule has 1 N–H and O–H groups in total. The third-order valence-electron chi connectivity index (χ3n) is 7.89. The number of anilines is 2. The Morgan fingerprint density at radius 1 is 0.900 bits per heavy atom. The van der Waals surface area contributed by atoms with Crippen LogP contribution in [0.15, 0.2) is 70.2 Å². The van der Waals surface area contributed by atoms with E-state index >= 15 is 0 Å². The number of hydrogen-bond donors (Lipinski definition) is 1. The summed E-state index contributed by atoms with van der Waals surface area (Å²) in [5.74, 6) is 1.13. The molecule has 1 aliphatic carbocycles. The van der Waals surface area contributed by atoms with Crippen molar-refractivity contribution in [1.82, 2.24) is 20.0 Å². The van der Waals surface area contributed by atoms with Gasteiger partial charge in [-0.05, 0) is 18.4 Å². The van der Waals surface area contributed by atoms with E-state index in [9.17, 15) is 4.79 Å². The summed E-state index contributed by atoms with van der Waals surface area (Å²) in [5.41, 5.74) is 4.39. The maximum absolute atomic E-state index is 13.4. The van der Waals surface area contributed by atoms with Gasteiger partial charge in [0.1, 0.15) is 5.56 Å². The van der Waals surface area contributed by atoms with E-state index in [2.05, 4.69) is 25.1 Å². The molecular weight excluding hydrogens is 506 g/mol. The van der Waals surface area contributed by atoms with Crippen molar-refractivity contribution < 1.29 is 13.9 Å². The quantitative estimate of drug-likeness (QED) is 0.388. The molecule has 0 spiro atoms. The van der Waals surface area contributed by atoms with Crippen LogP contribution in [0.3, 0.4) is 0 Å². The second-order valence-corrected chi connectivity index (χ2v) is 10.5. The van der Waals surface area contributed by atoms with E-state index in [-0.39, 0.29) is 18.2 Å². The molecule has 10 nitrogen and oxygen atoms in total. The third-order valence-corrected chi connectivity index (χ3v) is 7.89. The minimum absolute atomic E-state index is 0.0683. The molecule has 0 bridgehead atoms. The average Bonchev–Trinajstić information content (AvgIpc) is 3.76. The van der Waals surface area contributed by atoms with Crippen molar-refractivity contribution in [1.29, 1.82) is 0 Å². The smallest absolute Gasteiger partial charge is 0.317 e. The zero-order valence-corrected chi connectivity index (χ0v) is 22.2. The number of ketones is 1. The van der Waals surface area contributed by atoms with Crippen molar-refractivity contribution in [3.05, 3.63) is 77.5 Å². The van der Waals surface area contributed by atoms with Gasteiger partial charge < -0.3 is 19.4 Å². The predicted molar refractivity (Wildman–Crippen MR) is 151 cm³/mol. The number of hydrogen-bond acceptors (Lipinski definition) is 9. The van der Waals surface area contributed by atoms with Crippen LogP contribution in [0.5, 0.6) is 0 Å². The van der Waals surface area contributed by atoms with Gasteiger partial charge in [0.15, 0.2) is 17.8 Å². The molecule has 2 aromatic carbocycles. The van der Waals surface area contributed by atoms with E-state index in [1.807, 2.05) is 60.8 Å². The first kappa shape index (κ1) is 24.7. The Kier molecular flexibility index (Phi) is 6.60. The van der Waals surface area contributed by atoms with Gasteiger partial charge in [0.05, 0.1) is 25.0 Å². The lowest BCUT2D eigenvalue weighted by Gasteiger charge is -2.27. The van der Waals surface area contributed by atoms with Gasteiger partial charge in [0, 0.05) is 36.8 Å². The minimum Gasteiger partial charge on any atom is -0.403 e. The van der Waals surface area contributed by atoms with E-state index in [4.69, 9.17) is 19.2 Å². The summed E-state index contributed by atoms with van der Waals surface area (Å²) in [7, 11) is 0. The Balaban J connectivity index is 1.21. The van der Waals surface area contributed by atoms with Gasteiger partial charge in [-0.2, -0.15) is 5.10 Å². The summed E-state index contributed by atoms with van der Waals surface area (Å²) in [6, 6.07) is 18.3. The van der Waals surface area contributed by atoms with Crippen molar-refractivity contribution in [2.24, 2.45) is 4.99 Å². The molecule has 1 atom stereocenters. The molecule has 10 heteroatoms. The first-order valence-corrected chi connectivity index (χ1v) is 14.0. The summed E-state index contributed by atoms with van der Waals surface area (Å²) in [4.78, 5) is 20.4. The number of rotatable bonds is 6. The van der Waals surface area contributed by atoms with E-state index in [1.165, 1.54) is 12.8 Å². The number of aromatic nitrogens is 4. The fourth-order valence-electron chi connectivity index (χ4n) is 5.80. The van der Waals surface area contributed by atoms with Gasteiger partial charge in [0.2, 0.25) is 0 Å². The molecule has 1 saturated heterocycles. The summed E-state index contributed by atoms with van der Waals surface area (Å²) in [6.45, 7) is 2.81. The number of fused-ring (bicyclic) bond motifs is 1. The van der Waals surface area contributed by atoms with Crippen LogP contribution in [0.4, 0.5) is 11.8 Å². The molecule has 4 aromatic rings. The SMILES string of the molecule is O=C1Cc2ccccc2C(c2ccccc2)=N[C@@H]1Nc1nnc(-c2cn(C3CCCC3)nc2N2CCOCC2)o1. The van der Waals surface area contributed by atoms with Crippen LogP contribution in [0.1, 0.15) is 48.4 Å². The Morgan fingerprint density at radius 3 is 2.50 bits per heavy atom. The molecule has 7 rings (SSSR count). The number of ether oxygens (including phenoxy) is 1. The van der Waals surface area contributed by atoms with Crippen molar-refractivity contribution >= 4 is 23.3 Å². The normalized spacial score (nSPS) is 19.8. The van der Waals surface area contributed by atoms with Gasteiger partial charge in [-0.15, -0.1) is 5.10 Å². The average molecular weight is 538 g/mol. The van der Waals surface area contributed by atoms with E-state index in [0.29, 0.717) is 25.1 Å². The number of carbonyl (C=O) groups is 1. The summed E-state index contributed by atoms with van der Waals surface area (Å²) >= 11 is 0. The lowest BCUT2D eigenvalue weighted by Crippen LogP contribution is -2.36. The van der Waals surface area contributed by atoms with Gasteiger partial charge in [-0.25, -0.2) is 0 Å². The van der Waals surface area contributed by atoms with Gasteiger partial charge in [-0.1, -0.05) is 72.5 Å². The number of aliphatic imine (C=N–C) groups is 1. The van der Waals surface area contributed by atoms with E-state index < -0.39 is 6.17 Å². The molecule has 1 saturated carbocycles. The van der Waals surface area contributed by atoms with Gasteiger partial charge in [0.25, 0.3) is 5.89 Å². The molecule has 204 valence electrons. The largest absolute Gasteiger partial charge is 0.403 e. The highest BCUT2D eigenvalue weighted by Gasteiger charge is 2.29. The Bertz CT molecular complexity index is 1530. The Morgan fingerprint density at radius 2 is 1.68 bits per heavy atom. The lowest BCUT2D eigenvalue weighted by atomic mass is 9.96. The number of nitrogens with one attached hydrogen (secondary N) is 1. The van der Waals surface area contributed by atoms with Crippen molar-refractivity contribution in [3.63, 3.8) is 0 Å². The summed E-state index contributed by atoms with van der Waals surface area (Å²) in [6.07, 6.45) is 6.08. The number of carbonyl (C=O) groups excluding carboxylic acids is 1. The first-order valence-electron chi connectivity index (χ1n) is 14.0. The summed E-state index contributed by atoms with van der Waals surface area (Å²) < 4.78 is 13.7. The molecule has 2 aliphatic heterocycles. The van der Waals surface area contributed by atoms with Crippen LogP contribution < -0.4 is 10.2 Å². The zero-order valence-electron chi connectivity index (χ0n) is 22.2. The summed E-state index contributed by atoms with van der Waals surface area (Å²) in [5, 5.41) is 16.7. The molecule has 0 radical (unpaired) electrons. The molecule has 40 heavy (non-hydrogen) atoms. The predicted octanol–water partition coefficient (Wildman–Crippen LogP) is 4.29. The standard InChI is InChI=1S/C30H31N7O3/c38-25-18-21-10-4-7-13-23(21)26(20-8-2-1-3-9-20)31-27(25)32-30-34-33-29(40-30)24-19-37(22-11-5-6-12-22)35-28(24)36-14-16-39-17-15-36/h1-4,7-10,13,19,22,27H,5-6,11-12,14-18H2,(H,32,34)/t27-/m1/s1. The molecular formula is C30H31N7O3. The van der Waals surface area contributed by atoms with Crippen LogP contribution in [0, 0.1) is 0 Å². The van der Waals surface area contributed by atoms with Crippen LogP contribution in [0.2, 0.25) is 0 Å². The van der Waals surface area contributed by atoms with E-state index in [1.54, 1.807) is 0 Å². The molecule has 0 amide bonds. The van der Waals surface area contributed by atoms with Crippen molar-refractivity contribution in [2.45, 2.75) is 44.3 Å². The fourth-order valence-corrected chi connectivity index (χ4v) is 5.80. The van der Waals surface area contributed by atoms with Gasteiger partial charge in [-0.3, -0.25) is 14.5 Å². The molecule has 2 aromatic heterocycles. The molecule has 0 unspecified atom stereocenters. The number of morpholine rings is 1. The van der Waals surface area contributed by atoms with Crippen LogP contribution in [-0.4, -0.2) is 63.9 Å². The molecule has 4 heterocycles. The topological polar surface area (TPSA) is 111 Å². The zero-order chi connectivity index (χ0) is 26.9. The maximum Gasteiger partial charge on any atom is 0.317 e. The Labute approximate surface area is 232 Å². The van der Waals surface area contributed by atoms with E-state index in [0.717, 1.165) is 59.7 Å². The highest BCUT2D eigenvalue weighted by atomic mass is 16.5. The van der Waals surface area contributed by atoms with Crippen LogP contribution in [-0.2, 0) is 16.0 Å². The first-order chi connectivity index (χ1) is 19.7. The van der Waals surface area contributed by atoms with Crippen LogP contribution in [0.25, 0.3) is 11.5 Å². The van der Waals surface area contributed by atoms with Crippen molar-refractivity contribution in [3.8, 4) is 11.5 Å². The lowest BCUT2D eigenvalue weighted by molar-refractivity contribution is -0.119. The number of Topliss-reactive ketones (excluding diaryl/α,β-unsaturated/α-hetero) is 1. The molecule has 3 aliphatic rings. The monoisotopic (exact) mass is 537 g/mol. The fraction of sp³-hybridized carbons (Fsp3) is 0.367. The highest BCUT2D eigenvalue weighted by molar-refractivity contribution is 6.16. The minimum atomic E-state index is -0.865. The second-order valence-electron chi connectivity index (χ2n) is 10.5. The van der Waals surface area contributed by atoms with Crippen LogP contribution >= 0.6 is 0 Å². The number of benzene rings is 2. The highest BCUT2D eigenvalue weighted by Crippen LogP contribution is 2.36. The maximum atomic E-state index is 13.4. The van der Waals surface area contributed by atoms with Crippen molar-refractivity contribution in [2.75, 3.05) is 36.5 Å².